The molecule has 0 radical (unpaired) electrons. The second kappa shape index (κ2) is 11.6. The van der Waals surface area contributed by atoms with Gasteiger partial charge in [-0.3, -0.25) is 9.59 Å². The first-order valence-electron chi connectivity index (χ1n) is 13.7. The van der Waals surface area contributed by atoms with Crippen LogP contribution < -0.4 is 10.1 Å². The largest absolute Gasteiger partial charge is 0.489 e. The van der Waals surface area contributed by atoms with Gasteiger partial charge in [-0.2, -0.15) is 0 Å². The third kappa shape index (κ3) is 8.53. The second-order valence-electron chi connectivity index (χ2n) is 13.4. The summed E-state index contributed by atoms with van der Waals surface area (Å²) in [5, 5.41) is 3.27. The molecule has 3 fully saturated rings. The van der Waals surface area contributed by atoms with Gasteiger partial charge in [-0.1, -0.05) is 20.8 Å². The maximum absolute atomic E-state index is 13.3. The lowest BCUT2D eigenvalue weighted by molar-refractivity contribution is -0.154. The predicted molar refractivity (Wildman–Crippen MR) is 149 cm³/mol. The van der Waals surface area contributed by atoms with E-state index in [-0.39, 0.29) is 47.0 Å². The van der Waals surface area contributed by atoms with Crippen LogP contribution in [0.15, 0.2) is 41.1 Å². The fourth-order valence-corrected chi connectivity index (χ4v) is 7.27. The molecule has 0 atom stereocenters. The van der Waals surface area contributed by atoms with Crippen LogP contribution >= 0.6 is 0 Å². The first-order chi connectivity index (χ1) is 18.0. The number of benzene rings is 1. The van der Waals surface area contributed by atoms with Gasteiger partial charge in [0.25, 0.3) is 0 Å². The number of carbonyl (C=O) groups is 2. The van der Waals surface area contributed by atoms with Gasteiger partial charge in [0.05, 0.1) is 17.0 Å². The van der Waals surface area contributed by atoms with E-state index in [0.29, 0.717) is 17.7 Å². The quantitative estimate of drug-likeness (QED) is 0.346. The van der Waals surface area contributed by atoms with Crippen LogP contribution in [0.25, 0.3) is 0 Å². The summed E-state index contributed by atoms with van der Waals surface area (Å²) in [6, 6.07) is 6.20. The predicted octanol–water partition coefficient (Wildman–Crippen LogP) is 6.07. The number of rotatable bonds is 10. The lowest BCUT2D eigenvalue weighted by atomic mass is 9.58. The summed E-state index contributed by atoms with van der Waals surface area (Å²) in [6.07, 6.45) is 5.37. The highest BCUT2D eigenvalue weighted by atomic mass is 32.2. The zero-order chi connectivity index (χ0) is 29.1. The van der Waals surface area contributed by atoms with Gasteiger partial charge in [-0.15, -0.1) is 0 Å². The van der Waals surface area contributed by atoms with Gasteiger partial charge in [0.15, 0.2) is 9.84 Å². The van der Waals surface area contributed by atoms with Gasteiger partial charge >= 0.3 is 5.97 Å². The first-order valence-corrected chi connectivity index (χ1v) is 15.4. The molecule has 0 saturated heterocycles. The number of amides is 1. The van der Waals surface area contributed by atoms with Crippen LogP contribution in [0.3, 0.4) is 0 Å². The van der Waals surface area contributed by atoms with Crippen molar-refractivity contribution in [3.05, 3.63) is 36.2 Å². The first kappa shape index (κ1) is 31.1. The van der Waals surface area contributed by atoms with E-state index in [2.05, 4.69) is 5.32 Å². The van der Waals surface area contributed by atoms with Crippen LogP contribution in [-0.4, -0.2) is 43.8 Å². The number of carbonyl (C=O) groups excluding carboxylic acids is 2. The summed E-state index contributed by atoms with van der Waals surface area (Å²) in [4.78, 5) is 24.7. The zero-order valence-electron chi connectivity index (χ0n) is 24.2. The van der Waals surface area contributed by atoms with Crippen molar-refractivity contribution in [3.63, 3.8) is 0 Å². The summed E-state index contributed by atoms with van der Waals surface area (Å²) in [7, 11) is -3.52. The number of halogens is 1. The van der Waals surface area contributed by atoms with E-state index in [1.54, 1.807) is 32.9 Å². The smallest absolute Gasteiger partial charge is 0.306 e. The fourth-order valence-electron chi connectivity index (χ4n) is 5.31. The molecule has 0 unspecified atom stereocenters. The average Bonchev–Trinajstić information content (AvgIpc) is 2.83. The number of fused-ring (bicyclic) bond motifs is 3. The van der Waals surface area contributed by atoms with Crippen molar-refractivity contribution in [1.29, 1.82) is 0 Å². The molecule has 0 aromatic heterocycles. The molecular weight excluding hydrogens is 521 g/mol. The number of hydrogen-bond donors (Lipinski definition) is 1. The van der Waals surface area contributed by atoms with Gasteiger partial charge in [0.2, 0.25) is 5.91 Å². The summed E-state index contributed by atoms with van der Waals surface area (Å²) < 4.78 is 50.8. The molecule has 1 N–H and O–H groups in total. The lowest BCUT2D eigenvalue weighted by Crippen LogP contribution is -2.59. The number of ether oxygens (including phenoxy) is 2. The van der Waals surface area contributed by atoms with Crippen molar-refractivity contribution in [1.82, 2.24) is 5.32 Å². The van der Waals surface area contributed by atoms with Gasteiger partial charge in [-0.25, -0.2) is 12.8 Å². The number of esters is 1. The minimum absolute atomic E-state index is 0.0411. The van der Waals surface area contributed by atoms with Gasteiger partial charge in [0.1, 0.15) is 18.0 Å². The summed E-state index contributed by atoms with van der Waals surface area (Å²) in [5.41, 5.74) is -1.23. The van der Waals surface area contributed by atoms with Crippen molar-refractivity contribution in [2.24, 2.45) is 10.8 Å². The molecule has 7 nitrogen and oxygen atoms in total. The SMILES string of the molecule is CC(C)(C)OC(=O)CC/C(=C\F)COc1ccc(S(=O)(=O)CC23CCC(NC(=O)C(C)(C)C)(CC2)CC3)cc1. The zero-order valence-corrected chi connectivity index (χ0v) is 25.0. The number of nitrogens with one attached hydrogen (secondary N) is 1. The molecule has 3 aliphatic rings. The lowest BCUT2D eigenvalue weighted by Gasteiger charge is -2.54. The summed E-state index contributed by atoms with van der Waals surface area (Å²) >= 11 is 0. The van der Waals surface area contributed by atoms with E-state index in [1.165, 1.54) is 12.1 Å². The molecule has 0 heterocycles. The highest BCUT2D eigenvalue weighted by Crippen LogP contribution is 2.53. The minimum Gasteiger partial charge on any atom is -0.489 e. The normalized spacial score (nSPS) is 23.8. The molecule has 0 aliphatic heterocycles. The van der Waals surface area contributed by atoms with Crippen LogP contribution in [-0.2, 0) is 24.2 Å². The summed E-state index contributed by atoms with van der Waals surface area (Å²) in [6.45, 7) is 11.0. The molecule has 218 valence electrons. The van der Waals surface area contributed by atoms with Crippen molar-refractivity contribution >= 4 is 21.7 Å². The molecule has 39 heavy (non-hydrogen) atoms. The Bertz CT molecular complexity index is 1150. The fraction of sp³-hybridized carbons (Fsp3) is 0.667. The van der Waals surface area contributed by atoms with E-state index >= 15 is 0 Å². The third-order valence-electron chi connectivity index (χ3n) is 7.79. The van der Waals surface area contributed by atoms with Gasteiger partial charge in [0, 0.05) is 17.4 Å². The van der Waals surface area contributed by atoms with E-state index in [0.717, 1.165) is 38.5 Å². The molecule has 1 aromatic rings. The third-order valence-corrected chi connectivity index (χ3v) is 9.77. The van der Waals surface area contributed by atoms with E-state index in [9.17, 15) is 22.4 Å². The van der Waals surface area contributed by atoms with Gasteiger partial charge in [-0.05, 0) is 101 Å². The van der Waals surface area contributed by atoms with Crippen molar-refractivity contribution in [3.8, 4) is 5.75 Å². The minimum atomic E-state index is -3.52. The Morgan fingerprint density at radius 2 is 1.51 bits per heavy atom. The number of sulfone groups is 1. The maximum atomic E-state index is 13.3. The molecule has 0 spiro atoms. The van der Waals surface area contributed by atoms with E-state index in [4.69, 9.17) is 9.47 Å². The standard InChI is InChI=1S/C30H44FNO6S/c1-27(2,3)26(34)32-30-16-13-29(14-17-30,15-18-30)21-39(35,36)24-10-8-23(9-11-24)37-20-22(19-31)7-12-25(33)38-28(4,5)6/h8-11,19H,7,12-18,20-21H2,1-6H3,(H,32,34)/b22-19+. The summed E-state index contributed by atoms with van der Waals surface area (Å²) in [5.74, 6) is 0.137. The van der Waals surface area contributed by atoms with Crippen LogP contribution in [0.2, 0.25) is 0 Å². The molecule has 3 aliphatic carbocycles. The molecule has 9 heteroatoms. The van der Waals surface area contributed by atoms with E-state index < -0.39 is 26.8 Å². The highest BCUT2D eigenvalue weighted by molar-refractivity contribution is 7.91. The van der Waals surface area contributed by atoms with Crippen molar-refractivity contribution in [2.75, 3.05) is 12.4 Å². The molecule has 2 bridgehead atoms. The van der Waals surface area contributed by atoms with Crippen LogP contribution in [0.5, 0.6) is 5.75 Å². The van der Waals surface area contributed by atoms with Gasteiger partial charge < -0.3 is 14.8 Å². The average molecular weight is 566 g/mol. The molecule has 4 rings (SSSR count). The Morgan fingerprint density at radius 1 is 0.949 bits per heavy atom. The van der Waals surface area contributed by atoms with Crippen LogP contribution in [0.4, 0.5) is 4.39 Å². The molecule has 3 saturated carbocycles. The topological polar surface area (TPSA) is 98.8 Å². The Hall–Kier alpha value is -2.42. The Labute approximate surface area is 232 Å². The Morgan fingerprint density at radius 3 is 2.00 bits per heavy atom. The van der Waals surface area contributed by atoms with Crippen LogP contribution in [0, 0.1) is 10.8 Å². The monoisotopic (exact) mass is 565 g/mol. The van der Waals surface area contributed by atoms with Crippen molar-refractivity contribution < 1.29 is 31.9 Å². The van der Waals surface area contributed by atoms with Crippen LogP contribution in [0.1, 0.15) is 92.9 Å². The maximum Gasteiger partial charge on any atom is 0.306 e. The van der Waals surface area contributed by atoms with Crippen molar-refractivity contribution in [2.45, 2.75) is 109 Å². The Balaban J connectivity index is 1.53. The second-order valence-corrected chi connectivity index (χ2v) is 15.3. The Kier molecular flexibility index (Phi) is 9.25. The highest BCUT2D eigenvalue weighted by Gasteiger charge is 2.51. The molecular formula is C30H44FNO6S. The molecule has 1 amide bonds. The van der Waals surface area contributed by atoms with E-state index in [1.807, 2.05) is 20.8 Å². The molecule has 1 aromatic carbocycles. The number of hydrogen-bond acceptors (Lipinski definition) is 6.